The summed E-state index contributed by atoms with van der Waals surface area (Å²) in [6.07, 6.45) is 2.55. The van der Waals surface area contributed by atoms with Crippen molar-refractivity contribution < 1.29 is 4.42 Å². The van der Waals surface area contributed by atoms with Crippen LogP contribution in [0.15, 0.2) is 10.7 Å². The van der Waals surface area contributed by atoms with Crippen molar-refractivity contribution in [2.45, 2.75) is 26.8 Å². The molecule has 0 aliphatic heterocycles. The van der Waals surface area contributed by atoms with Crippen molar-refractivity contribution in [3.63, 3.8) is 0 Å². The second-order valence-electron chi connectivity index (χ2n) is 4.03. The lowest BCUT2D eigenvalue weighted by atomic mass is 10.4. The van der Waals surface area contributed by atoms with Crippen molar-refractivity contribution in [3.8, 4) is 0 Å². The molecule has 2 aromatic rings. The van der Waals surface area contributed by atoms with Gasteiger partial charge in [-0.2, -0.15) is 0 Å². The third-order valence-corrected chi connectivity index (χ3v) is 2.68. The summed E-state index contributed by atoms with van der Waals surface area (Å²) in [6, 6.07) is 0. The summed E-state index contributed by atoms with van der Waals surface area (Å²) in [5, 5.41) is 11.1. The molecule has 6 heteroatoms. The van der Waals surface area contributed by atoms with E-state index in [1.54, 1.807) is 6.33 Å². The summed E-state index contributed by atoms with van der Waals surface area (Å²) in [6.45, 7) is 5.34. The second-order valence-corrected chi connectivity index (χ2v) is 4.03. The lowest BCUT2D eigenvalue weighted by Gasteiger charge is -2.01. The molecule has 2 heterocycles. The maximum Gasteiger partial charge on any atom is 0.208 e. The van der Waals surface area contributed by atoms with Crippen LogP contribution in [-0.2, 0) is 20.0 Å². The van der Waals surface area contributed by atoms with Gasteiger partial charge < -0.3 is 14.3 Å². The molecule has 92 valence electrons. The molecule has 0 fully saturated rings. The van der Waals surface area contributed by atoms with Gasteiger partial charge in [-0.15, -0.1) is 10.2 Å². The van der Waals surface area contributed by atoms with Crippen LogP contribution in [-0.4, -0.2) is 26.3 Å². The monoisotopic (exact) mass is 235 g/mol. The fraction of sp³-hybridized carbons (Fsp3) is 0.545. The van der Waals surface area contributed by atoms with Crippen LogP contribution in [0.4, 0.5) is 0 Å². The van der Waals surface area contributed by atoms with Crippen molar-refractivity contribution in [2.24, 2.45) is 7.05 Å². The molecule has 0 saturated carbocycles. The third-order valence-electron chi connectivity index (χ3n) is 2.68. The van der Waals surface area contributed by atoms with Gasteiger partial charge >= 0.3 is 0 Å². The third kappa shape index (κ3) is 2.91. The molecule has 0 aromatic carbocycles. The zero-order valence-corrected chi connectivity index (χ0v) is 10.4. The Morgan fingerprint density at radius 1 is 1.41 bits per heavy atom. The predicted molar refractivity (Wildman–Crippen MR) is 62.4 cm³/mol. The first-order chi connectivity index (χ1) is 8.16. The molecule has 2 aromatic heterocycles. The number of nitrogens with one attached hydrogen (secondary N) is 1. The molecule has 2 rings (SSSR count). The number of aryl methyl sites for hydroxylation is 3. The normalized spacial score (nSPS) is 11.0. The lowest BCUT2D eigenvalue weighted by molar-refractivity contribution is 0.449. The Morgan fingerprint density at radius 3 is 2.82 bits per heavy atom. The predicted octanol–water partition coefficient (Wildman–Crippen LogP) is 0.752. The molecule has 0 saturated heterocycles. The van der Waals surface area contributed by atoms with Gasteiger partial charge in [0, 0.05) is 20.0 Å². The van der Waals surface area contributed by atoms with Crippen molar-refractivity contribution >= 4 is 0 Å². The smallest absolute Gasteiger partial charge is 0.208 e. The molecule has 0 atom stereocenters. The van der Waals surface area contributed by atoms with E-state index in [0.717, 1.165) is 36.1 Å². The number of aromatic nitrogens is 4. The Kier molecular flexibility index (Phi) is 3.53. The van der Waals surface area contributed by atoms with Gasteiger partial charge in [0.1, 0.15) is 17.9 Å². The second kappa shape index (κ2) is 5.09. The molecule has 0 aliphatic rings. The highest BCUT2D eigenvalue weighted by Gasteiger charge is 2.05. The Bertz CT molecular complexity index is 468. The van der Waals surface area contributed by atoms with Crippen LogP contribution in [0, 0.1) is 13.8 Å². The van der Waals surface area contributed by atoms with E-state index in [9.17, 15) is 0 Å². The maximum atomic E-state index is 5.47. The van der Waals surface area contributed by atoms with Gasteiger partial charge in [-0.3, -0.25) is 0 Å². The van der Waals surface area contributed by atoms with E-state index in [-0.39, 0.29) is 0 Å². The zero-order valence-electron chi connectivity index (χ0n) is 10.4. The van der Waals surface area contributed by atoms with E-state index in [1.807, 2.05) is 25.5 Å². The first-order valence-electron chi connectivity index (χ1n) is 5.63. The van der Waals surface area contributed by atoms with Gasteiger partial charge in [-0.25, -0.2) is 4.98 Å². The molecule has 17 heavy (non-hydrogen) atoms. The minimum absolute atomic E-state index is 0.645. The highest BCUT2D eigenvalue weighted by Crippen LogP contribution is 2.07. The number of rotatable bonds is 5. The largest absolute Gasteiger partial charge is 0.444 e. The fourth-order valence-corrected chi connectivity index (χ4v) is 1.54. The van der Waals surface area contributed by atoms with E-state index in [1.165, 1.54) is 0 Å². The standard InChI is InChI=1S/C11H17N5O/c1-8-9(2)17-11(14-8)6-12-5-4-10-15-13-7-16(10)3/h7,12H,4-6H2,1-3H3. The summed E-state index contributed by atoms with van der Waals surface area (Å²) >= 11 is 0. The van der Waals surface area contributed by atoms with Crippen molar-refractivity contribution in [3.05, 3.63) is 29.5 Å². The van der Waals surface area contributed by atoms with Gasteiger partial charge in [-0.05, 0) is 13.8 Å². The van der Waals surface area contributed by atoms with E-state index in [2.05, 4.69) is 20.5 Å². The Morgan fingerprint density at radius 2 is 2.24 bits per heavy atom. The molecule has 0 spiro atoms. The first kappa shape index (κ1) is 11.8. The van der Waals surface area contributed by atoms with E-state index in [4.69, 9.17) is 4.42 Å². The molecule has 6 nitrogen and oxygen atoms in total. The molecular formula is C11H17N5O. The van der Waals surface area contributed by atoms with Gasteiger partial charge in [-0.1, -0.05) is 0 Å². The van der Waals surface area contributed by atoms with Crippen LogP contribution in [0.3, 0.4) is 0 Å². The summed E-state index contributed by atoms with van der Waals surface area (Å²) in [4.78, 5) is 4.30. The average Bonchev–Trinajstić information content (AvgIpc) is 2.82. The minimum atomic E-state index is 0.645. The van der Waals surface area contributed by atoms with E-state index < -0.39 is 0 Å². The molecule has 0 amide bonds. The first-order valence-corrected chi connectivity index (χ1v) is 5.63. The van der Waals surface area contributed by atoms with E-state index in [0.29, 0.717) is 6.54 Å². The summed E-state index contributed by atoms with van der Waals surface area (Å²) in [7, 11) is 1.94. The Hall–Kier alpha value is -1.69. The van der Waals surface area contributed by atoms with Crippen LogP contribution < -0.4 is 5.32 Å². The van der Waals surface area contributed by atoms with Crippen LogP contribution in [0.25, 0.3) is 0 Å². The molecule has 0 radical (unpaired) electrons. The Labute approximate surface area is 100 Å². The molecule has 0 unspecified atom stereocenters. The van der Waals surface area contributed by atoms with Gasteiger partial charge in [0.05, 0.1) is 12.2 Å². The number of hydrogen-bond donors (Lipinski definition) is 1. The van der Waals surface area contributed by atoms with Crippen molar-refractivity contribution in [1.29, 1.82) is 0 Å². The van der Waals surface area contributed by atoms with Crippen molar-refractivity contribution in [2.75, 3.05) is 6.54 Å². The minimum Gasteiger partial charge on any atom is -0.444 e. The molecular weight excluding hydrogens is 218 g/mol. The summed E-state index contributed by atoms with van der Waals surface area (Å²) < 4.78 is 7.39. The summed E-state index contributed by atoms with van der Waals surface area (Å²) in [5.74, 6) is 2.59. The highest BCUT2D eigenvalue weighted by atomic mass is 16.4. The van der Waals surface area contributed by atoms with Crippen LogP contribution in [0.2, 0.25) is 0 Å². The highest BCUT2D eigenvalue weighted by molar-refractivity contribution is 5.05. The number of hydrogen-bond acceptors (Lipinski definition) is 5. The molecule has 0 bridgehead atoms. The molecule has 1 N–H and O–H groups in total. The average molecular weight is 235 g/mol. The fourth-order valence-electron chi connectivity index (χ4n) is 1.54. The van der Waals surface area contributed by atoms with Gasteiger partial charge in [0.25, 0.3) is 0 Å². The quantitative estimate of drug-likeness (QED) is 0.775. The van der Waals surface area contributed by atoms with E-state index >= 15 is 0 Å². The van der Waals surface area contributed by atoms with Crippen molar-refractivity contribution in [1.82, 2.24) is 25.1 Å². The summed E-state index contributed by atoms with van der Waals surface area (Å²) in [5.41, 5.74) is 0.954. The topological polar surface area (TPSA) is 68.8 Å². The molecule has 0 aliphatic carbocycles. The SMILES string of the molecule is Cc1nc(CNCCc2nncn2C)oc1C. The van der Waals surface area contributed by atoms with Crippen LogP contribution >= 0.6 is 0 Å². The Balaban J connectivity index is 1.75. The lowest BCUT2D eigenvalue weighted by Crippen LogP contribution is -2.18. The maximum absolute atomic E-state index is 5.47. The van der Waals surface area contributed by atoms with Crippen LogP contribution in [0.5, 0.6) is 0 Å². The van der Waals surface area contributed by atoms with Gasteiger partial charge in [0.2, 0.25) is 5.89 Å². The number of nitrogens with zero attached hydrogens (tertiary/aromatic N) is 4. The van der Waals surface area contributed by atoms with Crippen LogP contribution in [0.1, 0.15) is 23.2 Å². The number of oxazole rings is 1. The zero-order chi connectivity index (χ0) is 12.3. The van der Waals surface area contributed by atoms with Gasteiger partial charge in [0.15, 0.2) is 0 Å².